The fraction of sp³-hybridized carbons (Fsp3) is 0.176. The van der Waals surface area contributed by atoms with Crippen LogP contribution in [0.1, 0.15) is 28.8 Å². The van der Waals surface area contributed by atoms with Gasteiger partial charge in [0.2, 0.25) is 5.82 Å². The highest BCUT2D eigenvalue weighted by Crippen LogP contribution is 2.24. The minimum Gasteiger partial charge on any atom is -0.481 e. The van der Waals surface area contributed by atoms with E-state index in [4.69, 9.17) is 5.11 Å². The van der Waals surface area contributed by atoms with Crippen LogP contribution in [0.5, 0.6) is 0 Å². The van der Waals surface area contributed by atoms with Crippen LogP contribution in [0, 0.1) is 29.1 Å². The van der Waals surface area contributed by atoms with Crippen molar-refractivity contribution in [1.82, 2.24) is 0 Å². The number of rotatable bonds is 6. The molecule has 0 heterocycles. The second-order valence-corrected chi connectivity index (χ2v) is 5.34. The van der Waals surface area contributed by atoms with Gasteiger partial charge < -0.3 is 10.4 Å². The summed E-state index contributed by atoms with van der Waals surface area (Å²) in [5.41, 5.74) is -0.756. The molecule has 0 spiro atoms. The molecule has 0 aliphatic carbocycles. The summed E-state index contributed by atoms with van der Waals surface area (Å²) in [6, 6.07) is 5.80. The van der Waals surface area contributed by atoms with Crippen molar-refractivity contribution >= 4 is 17.6 Å². The van der Waals surface area contributed by atoms with Gasteiger partial charge in [-0.1, -0.05) is 12.1 Å². The third-order valence-corrected chi connectivity index (χ3v) is 3.50. The third kappa shape index (κ3) is 4.16. The van der Waals surface area contributed by atoms with Gasteiger partial charge in [0.15, 0.2) is 23.3 Å². The number of benzene rings is 2. The Morgan fingerprint density at radius 1 is 0.846 bits per heavy atom. The van der Waals surface area contributed by atoms with Gasteiger partial charge in [-0.15, -0.1) is 0 Å². The minimum atomic E-state index is -2.35. The molecule has 2 aromatic carbocycles. The van der Waals surface area contributed by atoms with Crippen molar-refractivity contribution in [2.75, 3.05) is 5.32 Å². The smallest absolute Gasteiger partial charge is 0.303 e. The maximum atomic E-state index is 13.6. The summed E-state index contributed by atoms with van der Waals surface area (Å²) in [7, 11) is 0. The molecule has 9 heteroatoms. The molecule has 0 fully saturated rings. The van der Waals surface area contributed by atoms with Crippen molar-refractivity contribution in [2.45, 2.75) is 19.3 Å². The molecule has 4 nitrogen and oxygen atoms in total. The quantitative estimate of drug-likeness (QED) is 0.456. The summed E-state index contributed by atoms with van der Waals surface area (Å²) in [6.07, 6.45) is 0.836. The molecule has 0 saturated heterocycles. The first kappa shape index (κ1) is 19.4. The zero-order chi connectivity index (χ0) is 19.4. The number of carboxylic acid groups (broad SMARTS) is 1. The van der Waals surface area contributed by atoms with E-state index in [2.05, 4.69) is 0 Å². The number of aryl methyl sites for hydroxylation is 1. The van der Waals surface area contributed by atoms with E-state index in [0.717, 1.165) is 5.56 Å². The molecule has 26 heavy (non-hydrogen) atoms. The van der Waals surface area contributed by atoms with Gasteiger partial charge in [0, 0.05) is 12.1 Å². The molecular weight excluding hydrogens is 361 g/mol. The van der Waals surface area contributed by atoms with Gasteiger partial charge in [0.05, 0.1) is 0 Å². The standard InChI is InChI=1S/C17H12F5NO3/c18-12-11(13(19)15(21)16(22)14(12)20)17(26)23-9-6-4-8(5-7-9)2-1-3-10(24)25/h4-7H,1-3H2,(H,23,26)(H,24,25). The highest BCUT2D eigenvalue weighted by Gasteiger charge is 2.29. The Hall–Kier alpha value is -2.97. The van der Waals surface area contributed by atoms with E-state index in [9.17, 15) is 31.5 Å². The van der Waals surface area contributed by atoms with Crippen molar-refractivity contribution < 1.29 is 36.6 Å². The van der Waals surface area contributed by atoms with Crippen LogP contribution in [0.3, 0.4) is 0 Å². The zero-order valence-electron chi connectivity index (χ0n) is 13.1. The van der Waals surface area contributed by atoms with E-state index in [1.54, 1.807) is 0 Å². The Morgan fingerprint density at radius 2 is 1.35 bits per heavy atom. The molecular formula is C17H12F5NO3. The molecule has 0 aromatic heterocycles. The number of carbonyl (C=O) groups is 2. The normalized spacial score (nSPS) is 10.7. The van der Waals surface area contributed by atoms with Crippen LogP contribution >= 0.6 is 0 Å². The summed E-state index contributed by atoms with van der Waals surface area (Å²) in [5.74, 6) is -13.6. The number of carboxylic acids is 1. The second kappa shape index (κ2) is 7.94. The summed E-state index contributed by atoms with van der Waals surface area (Å²) in [5, 5.41) is 10.6. The Kier molecular flexibility index (Phi) is 5.91. The van der Waals surface area contributed by atoms with Crippen molar-refractivity contribution in [2.24, 2.45) is 0 Å². The van der Waals surface area contributed by atoms with E-state index in [1.807, 2.05) is 5.32 Å². The molecule has 138 valence electrons. The van der Waals surface area contributed by atoms with E-state index in [-0.39, 0.29) is 12.1 Å². The average molecular weight is 373 g/mol. The Bertz CT molecular complexity index is 823. The Morgan fingerprint density at radius 3 is 1.85 bits per heavy atom. The summed E-state index contributed by atoms with van der Waals surface area (Å²) < 4.78 is 66.5. The lowest BCUT2D eigenvalue weighted by Gasteiger charge is -2.10. The number of amides is 1. The van der Waals surface area contributed by atoms with Crippen LogP contribution in [0.25, 0.3) is 0 Å². The Balaban J connectivity index is 2.15. The van der Waals surface area contributed by atoms with Crippen LogP contribution in [-0.4, -0.2) is 17.0 Å². The SMILES string of the molecule is O=C(O)CCCc1ccc(NC(=O)c2c(F)c(F)c(F)c(F)c2F)cc1. The molecule has 1 amide bonds. The maximum absolute atomic E-state index is 13.6. The summed E-state index contributed by atoms with van der Waals surface area (Å²) in [4.78, 5) is 22.3. The van der Waals surface area contributed by atoms with Gasteiger partial charge in [0.25, 0.3) is 5.91 Å². The minimum absolute atomic E-state index is 0.0151. The molecule has 0 atom stereocenters. The first-order chi connectivity index (χ1) is 12.2. The van der Waals surface area contributed by atoms with Crippen molar-refractivity contribution in [3.8, 4) is 0 Å². The molecule has 0 aliphatic heterocycles. The number of nitrogens with one attached hydrogen (secondary N) is 1. The fourth-order valence-electron chi connectivity index (χ4n) is 2.20. The largest absolute Gasteiger partial charge is 0.481 e. The summed E-state index contributed by atoms with van der Waals surface area (Å²) in [6.45, 7) is 0. The van der Waals surface area contributed by atoms with Gasteiger partial charge in [-0.2, -0.15) is 0 Å². The highest BCUT2D eigenvalue weighted by molar-refractivity contribution is 6.04. The van der Waals surface area contributed by atoms with Crippen LogP contribution in [0.4, 0.5) is 27.6 Å². The average Bonchev–Trinajstić information content (AvgIpc) is 2.59. The van der Waals surface area contributed by atoms with Crippen molar-refractivity contribution in [3.05, 3.63) is 64.5 Å². The molecule has 0 bridgehead atoms. The van der Waals surface area contributed by atoms with E-state index < -0.39 is 46.5 Å². The summed E-state index contributed by atoms with van der Waals surface area (Å²) >= 11 is 0. The molecule has 0 aliphatic rings. The van der Waals surface area contributed by atoms with Crippen molar-refractivity contribution in [3.63, 3.8) is 0 Å². The molecule has 0 saturated carbocycles. The fourth-order valence-corrected chi connectivity index (χ4v) is 2.20. The predicted octanol–water partition coefficient (Wildman–Crippen LogP) is 4.04. The van der Waals surface area contributed by atoms with E-state index in [0.29, 0.717) is 12.8 Å². The first-order valence-corrected chi connectivity index (χ1v) is 7.36. The lowest BCUT2D eigenvalue weighted by Crippen LogP contribution is -2.19. The van der Waals surface area contributed by atoms with Gasteiger partial charge in [0.1, 0.15) is 5.56 Å². The number of hydrogen-bond acceptors (Lipinski definition) is 2. The van der Waals surface area contributed by atoms with Gasteiger partial charge in [-0.25, -0.2) is 22.0 Å². The van der Waals surface area contributed by atoms with E-state index in [1.165, 1.54) is 24.3 Å². The van der Waals surface area contributed by atoms with Crippen molar-refractivity contribution in [1.29, 1.82) is 0 Å². The number of halogens is 5. The number of hydrogen-bond donors (Lipinski definition) is 2. The molecule has 2 aromatic rings. The molecule has 0 unspecified atom stereocenters. The van der Waals surface area contributed by atoms with E-state index >= 15 is 0 Å². The Labute approximate surface area is 144 Å². The molecule has 2 N–H and O–H groups in total. The van der Waals surface area contributed by atoms with Crippen LogP contribution < -0.4 is 5.32 Å². The maximum Gasteiger partial charge on any atom is 0.303 e. The third-order valence-electron chi connectivity index (χ3n) is 3.50. The molecule has 0 radical (unpaired) electrons. The highest BCUT2D eigenvalue weighted by atomic mass is 19.2. The topological polar surface area (TPSA) is 66.4 Å². The van der Waals surface area contributed by atoms with Gasteiger partial charge >= 0.3 is 5.97 Å². The van der Waals surface area contributed by atoms with Gasteiger partial charge in [-0.3, -0.25) is 9.59 Å². The molecule has 2 rings (SSSR count). The number of carbonyl (C=O) groups excluding carboxylic acids is 1. The second-order valence-electron chi connectivity index (χ2n) is 5.34. The first-order valence-electron chi connectivity index (χ1n) is 7.36. The zero-order valence-corrected chi connectivity index (χ0v) is 13.1. The van der Waals surface area contributed by atoms with Gasteiger partial charge in [-0.05, 0) is 30.5 Å². The predicted molar refractivity (Wildman–Crippen MR) is 81.2 cm³/mol. The lowest BCUT2D eigenvalue weighted by molar-refractivity contribution is -0.137. The van der Waals surface area contributed by atoms with Crippen LogP contribution in [-0.2, 0) is 11.2 Å². The van der Waals surface area contributed by atoms with Crippen LogP contribution in [0.2, 0.25) is 0 Å². The monoisotopic (exact) mass is 373 g/mol. The lowest BCUT2D eigenvalue weighted by atomic mass is 10.1. The van der Waals surface area contributed by atoms with Crippen LogP contribution in [0.15, 0.2) is 24.3 Å². The number of anilines is 1. The number of aliphatic carboxylic acids is 1.